The van der Waals surface area contributed by atoms with Gasteiger partial charge in [0, 0.05) is 54.9 Å². The van der Waals surface area contributed by atoms with Crippen LogP contribution in [0, 0.1) is 12.7 Å². The van der Waals surface area contributed by atoms with Crippen LogP contribution in [0.2, 0.25) is 0 Å². The molecule has 0 saturated carbocycles. The number of benzene rings is 3. The van der Waals surface area contributed by atoms with E-state index in [4.69, 9.17) is 0 Å². The van der Waals surface area contributed by atoms with E-state index in [0.717, 1.165) is 36.1 Å². The molecule has 1 aliphatic rings. The minimum absolute atomic E-state index is 0.0185. The molecule has 0 aliphatic carbocycles. The number of piperazine rings is 1. The van der Waals surface area contributed by atoms with Gasteiger partial charge in [0.25, 0.3) is 11.8 Å². The predicted octanol–water partition coefficient (Wildman–Crippen LogP) is 5.17. The number of likely N-dealkylation sites (N-methyl/N-ethyl adjacent to an activating group) is 1. The smallest absolute Gasteiger partial charge is 0.270 e. The first-order valence-corrected chi connectivity index (χ1v) is 12.7. The van der Waals surface area contributed by atoms with Crippen molar-refractivity contribution in [2.45, 2.75) is 20.4 Å². The van der Waals surface area contributed by atoms with Crippen molar-refractivity contribution >= 4 is 28.4 Å². The summed E-state index contributed by atoms with van der Waals surface area (Å²) < 4.78 is 15.6. The number of amides is 2. The van der Waals surface area contributed by atoms with Gasteiger partial charge in [0.1, 0.15) is 11.5 Å². The number of nitrogens with zero attached hydrogens (tertiary/aromatic N) is 3. The minimum Gasteiger partial charge on any atom is -0.335 e. The van der Waals surface area contributed by atoms with Gasteiger partial charge in [0.15, 0.2) is 0 Å². The SMILES string of the molecule is CCN1CCN(C(=O)c2cc3cc(NC(=O)c4cccc(F)c4)ccc3n2Cc2cccc(C)c2)CC1. The number of nitrogens with one attached hydrogen (secondary N) is 1. The zero-order chi connectivity index (χ0) is 25.9. The molecule has 0 bridgehead atoms. The van der Waals surface area contributed by atoms with Crippen molar-refractivity contribution in [3.05, 3.63) is 101 Å². The Morgan fingerprint density at radius 1 is 0.919 bits per heavy atom. The Labute approximate surface area is 216 Å². The molecule has 1 aliphatic heterocycles. The molecule has 0 unspecified atom stereocenters. The van der Waals surface area contributed by atoms with Gasteiger partial charge in [-0.2, -0.15) is 0 Å². The van der Waals surface area contributed by atoms with Crippen molar-refractivity contribution in [1.29, 1.82) is 0 Å². The van der Waals surface area contributed by atoms with Crippen molar-refractivity contribution in [3.8, 4) is 0 Å². The van der Waals surface area contributed by atoms with Crippen LogP contribution in [-0.4, -0.2) is 58.9 Å². The van der Waals surface area contributed by atoms with Crippen LogP contribution >= 0.6 is 0 Å². The second kappa shape index (κ2) is 10.6. The highest BCUT2D eigenvalue weighted by atomic mass is 19.1. The molecule has 0 atom stereocenters. The van der Waals surface area contributed by atoms with E-state index in [-0.39, 0.29) is 17.4 Å². The largest absolute Gasteiger partial charge is 0.335 e. The summed E-state index contributed by atoms with van der Waals surface area (Å²) in [6.07, 6.45) is 0. The molecular formula is C30H31FN4O2. The monoisotopic (exact) mass is 498 g/mol. The Bertz CT molecular complexity index is 1450. The molecule has 3 aromatic carbocycles. The summed E-state index contributed by atoms with van der Waals surface area (Å²) in [4.78, 5) is 30.6. The molecule has 7 heteroatoms. The summed E-state index contributed by atoms with van der Waals surface area (Å²) in [5.74, 6) is -0.827. The van der Waals surface area contributed by atoms with Crippen molar-refractivity contribution in [1.82, 2.24) is 14.4 Å². The van der Waals surface area contributed by atoms with Crippen LogP contribution in [0.25, 0.3) is 10.9 Å². The van der Waals surface area contributed by atoms with E-state index < -0.39 is 5.82 Å². The third-order valence-electron chi connectivity index (χ3n) is 7.00. The molecule has 190 valence electrons. The van der Waals surface area contributed by atoms with E-state index in [1.807, 2.05) is 35.2 Å². The molecule has 1 N–H and O–H groups in total. The maximum absolute atomic E-state index is 13.7. The first-order valence-electron chi connectivity index (χ1n) is 12.7. The van der Waals surface area contributed by atoms with E-state index in [9.17, 15) is 14.0 Å². The van der Waals surface area contributed by atoms with Gasteiger partial charge in [0.2, 0.25) is 0 Å². The predicted molar refractivity (Wildman–Crippen MR) is 145 cm³/mol. The van der Waals surface area contributed by atoms with Gasteiger partial charge in [-0.25, -0.2) is 4.39 Å². The number of aromatic nitrogens is 1. The van der Waals surface area contributed by atoms with Crippen LogP contribution < -0.4 is 5.32 Å². The number of hydrogen-bond donors (Lipinski definition) is 1. The maximum atomic E-state index is 13.7. The molecule has 1 fully saturated rings. The summed E-state index contributed by atoms with van der Waals surface area (Å²) in [6.45, 7) is 8.90. The minimum atomic E-state index is -0.459. The van der Waals surface area contributed by atoms with Gasteiger partial charge in [-0.05, 0) is 61.5 Å². The van der Waals surface area contributed by atoms with Gasteiger partial charge < -0.3 is 19.7 Å². The van der Waals surface area contributed by atoms with Gasteiger partial charge in [-0.3, -0.25) is 9.59 Å². The standard InChI is InChI=1S/C30H31FN4O2/c1-3-33-12-14-34(15-13-33)30(37)28-19-24-18-26(32-29(36)23-8-5-9-25(31)17-23)10-11-27(24)35(28)20-22-7-4-6-21(2)16-22/h4-11,16-19H,3,12-15,20H2,1-2H3,(H,32,36). The number of halogens is 1. The molecule has 0 radical (unpaired) electrons. The molecule has 6 nitrogen and oxygen atoms in total. The molecule has 1 saturated heterocycles. The summed E-state index contributed by atoms with van der Waals surface area (Å²) >= 11 is 0. The van der Waals surface area contributed by atoms with Gasteiger partial charge in [0.05, 0.1) is 0 Å². The highest BCUT2D eigenvalue weighted by molar-refractivity contribution is 6.06. The molecule has 2 amide bonds. The van der Waals surface area contributed by atoms with Crippen LogP contribution in [0.4, 0.5) is 10.1 Å². The fourth-order valence-corrected chi connectivity index (χ4v) is 4.95. The van der Waals surface area contributed by atoms with Gasteiger partial charge in [-0.1, -0.05) is 42.8 Å². The molecule has 2 heterocycles. The lowest BCUT2D eigenvalue weighted by molar-refractivity contribution is 0.0633. The van der Waals surface area contributed by atoms with E-state index in [0.29, 0.717) is 31.0 Å². The third-order valence-corrected chi connectivity index (χ3v) is 7.00. The molecular weight excluding hydrogens is 467 g/mol. The first kappa shape index (κ1) is 24.7. The van der Waals surface area contributed by atoms with Crippen LogP contribution in [0.5, 0.6) is 0 Å². The Morgan fingerprint density at radius 3 is 2.43 bits per heavy atom. The number of anilines is 1. The second-order valence-electron chi connectivity index (χ2n) is 9.57. The lowest BCUT2D eigenvalue weighted by Gasteiger charge is -2.34. The van der Waals surface area contributed by atoms with Crippen LogP contribution in [0.1, 0.15) is 38.9 Å². The Hall–Kier alpha value is -3.97. The topological polar surface area (TPSA) is 57.6 Å². The molecule has 5 rings (SSSR count). The maximum Gasteiger partial charge on any atom is 0.270 e. The lowest BCUT2D eigenvalue weighted by Crippen LogP contribution is -2.48. The summed E-state index contributed by atoms with van der Waals surface area (Å²) in [5.41, 5.74) is 4.67. The van der Waals surface area contributed by atoms with Crippen molar-refractivity contribution in [3.63, 3.8) is 0 Å². The van der Waals surface area contributed by atoms with E-state index in [1.54, 1.807) is 6.07 Å². The average molecular weight is 499 g/mol. The Kier molecular flexibility index (Phi) is 7.06. The van der Waals surface area contributed by atoms with Crippen molar-refractivity contribution in [2.24, 2.45) is 0 Å². The zero-order valence-electron chi connectivity index (χ0n) is 21.2. The highest BCUT2D eigenvalue weighted by Crippen LogP contribution is 2.27. The van der Waals surface area contributed by atoms with Gasteiger partial charge in [-0.15, -0.1) is 0 Å². The quantitative estimate of drug-likeness (QED) is 0.399. The Morgan fingerprint density at radius 2 is 1.70 bits per heavy atom. The van der Waals surface area contributed by atoms with Crippen LogP contribution in [0.3, 0.4) is 0 Å². The zero-order valence-corrected chi connectivity index (χ0v) is 21.2. The summed E-state index contributed by atoms with van der Waals surface area (Å²) in [6, 6.07) is 21.4. The van der Waals surface area contributed by atoms with Crippen molar-refractivity contribution < 1.29 is 14.0 Å². The second-order valence-corrected chi connectivity index (χ2v) is 9.57. The highest BCUT2D eigenvalue weighted by Gasteiger charge is 2.25. The fraction of sp³-hybridized carbons (Fsp3) is 0.267. The summed E-state index contributed by atoms with van der Waals surface area (Å²) in [7, 11) is 0. The molecule has 4 aromatic rings. The summed E-state index contributed by atoms with van der Waals surface area (Å²) in [5, 5.41) is 3.71. The average Bonchev–Trinajstić information content (AvgIpc) is 3.25. The fourth-order valence-electron chi connectivity index (χ4n) is 4.95. The number of aryl methyl sites for hydroxylation is 1. The van der Waals surface area contributed by atoms with E-state index in [2.05, 4.69) is 46.8 Å². The van der Waals surface area contributed by atoms with E-state index in [1.165, 1.54) is 23.8 Å². The number of rotatable bonds is 6. The molecule has 0 spiro atoms. The number of fused-ring (bicyclic) bond motifs is 1. The van der Waals surface area contributed by atoms with Crippen LogP contribution in [0.15, 0.2) is 72.8 Å². The normalized spacial score (nSPS) is 14.2. The van der Waals surface area contributed by atoms with Crippen LogP contribution in [-0.2, 0) is 6.54 Å². The third kappa shape index (κ3) is 5.42. The van der Waals surface area contributed by atoms with Crippen molar-refractivity contribution in [2.75, 3.05) is 38.0 Å². The lowest BCUT2D eigenvalue weighted by atomic mass is 10.1. The molecule has 1 aromatic heterocycles. The molecule has 37 heavy (non-hydrogen) atoms. The van der Waals surface area contributed by atoms with E-state index >= 15 is 0 Å². The number of carbonyl (C=O) groups is 2. The van der Waals surface area contributed by atoms with Gasteiger partial charge >= 0.3 is 0 Å². The number of hydrogen-bond acceptors (Lipinski definition) is 3. The Balaban J connectivity index is 1.48. The first-order chi connectivity index (χ1) is 17.9. The number of carbonyl (C=O) groups excluding carboxylic acids is 2.